The van der Waals surface area contributed by atoms with E-state index in [1.54, 1.807) is 30.3 Å². The van der Waals surface area contributed by atoms with E-state index < -0.39 is 15.7 Å². The van der Waals surface area contributed by atoms with Crippen molar-refractivity contribution in [2.24, 2.45) is 0 Å². The number of anilines is 1. The Hall–Kier alpha value is -3.40. The van der Waals surface area contributed by atoms with Crippen molar-refractivity contribution in [2.75, 3.05) is 25.3 Å². The van der Waals surface area contributed by atoms with Crippen LogP contribution in [0.25, 0.3) is 11.5 Å². The highest BCUT2D eigenvalue weighted by Gasteiger charge is 2.18. The van der Waals surface area contributed by atoms with E-state index in [1.807, 2.05) is 6.92 Å². The number of amides is 1. The number of hydrogen-bond acceptors (Lipinski definition) is 8. The van der Waals surface area contributed by atoms with Gasteiger partial charge in [-0.3, -0.25) is 10.1 Å². The summed E-state index contributed by atoms with van der Waals surface area (Å²) in [5, 5.41) is 10.1. The molecule has 3 aromatic rings. The molecule has 2 aromatic carbocycles. The average molecular weight is 431 g/mol. The molecule has 3 rings (SSSR count). The maximum Gasteiger partial charge on any atom is 0.322 e. The molecule has 9 nitrogen and oxygen atoms in total. The van der Waals surface area contributed by atoms with E-state index in [1.165, 1.54) is 26.4 Å². The van der Waals surface area contributed by atoms with Gasteiger partial charge in [0.15, 0.2) is 21.3 Å². The highest BCUT2D eigenvalue weighted by atomic mass is 32.2. The molecular weight excluding hydrogens is 410 g/mol. The maximum atomic E-state index is 12.3. The minimum absolute atomic E-state index is 0.127. The third-order valence-corrected chi connectivity index (χ3v) is 6.01. The minimum atomic E-state index is -3.57. The molecule has 0 spiro atoms. The van der Waals surface area contributed by atoms with E-state index in [0.717, 1.165) is 5.56 Å². The summed E-state index contributed by atoms with van der Waals surface area (Å²) in [5.74, 6) is 0.314. The summed E-state index contributed by atoms with van der Waals surface area (Å²) in [5.41, 5.74) is 1.52. The van der Waals surface area contributed by atoms with Crippen LogP contribution in [0.15, 0.2) is 51.8 Å². The maximum absolute atomic E-state index is 12.3. The van der Waals surface area contributed by atoms with E-state index in [0.29, 0.717) is 17.1 Å². The Bertz CT molecular complexity index is 1140. The molecule has 1 amide bonds. The number of nitrogens with one attached hydrogen (secondary N) is 1. The lowest BCUT2D eigenvalue weighted by Gasteiger charge is -2.07. The van der Waals surface area contributed by atoms with E-state index in [-0.39, 0.29) is 29.0 Å². The Kier molecular flexibility index (Phi) is 6.36. The van der Waals surface area contributed by atoms with Crippen molar-refractivity contribution in [1.82, 2.24) is 10.2 Å². The normalized spacial score (nSPS) is 11.2. The van der Waals surface area contributed by atoms with Crippen LogP contribution in [0.5, 0.6) is 11.5 Å². The van der Waals surface area contributed by atoms with Crippen LogP contribution < -0.4 is 14.8 Å². The zero-order valence-corrected chi connectivity index (χ0v) is 17.5. The first-order valence-corrected chi connectivity index (χ1v) is 10.6. The van der Waals surface area contributed by atoms with Gasteiger partial charge in [0.05, 0.1) is 24.9 Å². The summed E-state index contributed by atoms with van der Waals surface area (Å²) < 4.78 is 40.6. The van der Waals surface area contributed by atoms with Gasteiger partial charge >= 0.3 is 6.01 Å². The van der Waals surface area contributed by atoms with Gasteiger partial charge in [0, 0.05) is 12.0 Å². The number of aryl methyl sites for hydroxylation is 1. The molecule has 158 valence electrons. The topological polar surface area (TPSA) is 121 Å². The molecule has 0 radical (unpaired) electrons. The van der Waals surface area contributed by atoms with Gasteiger partial charge in [0.25, 0.3) is 0 Å². The van der Waals surface area contributed by atoms with Gasteiger partial charge in [-0.1, -0.05) is 22.8 Å². The molecular formula is C20H21N3O6S. The van der Waals surface area contributed by atoms with Crippen LogP contribution in [0, 0.1) is 6.92 Å². The third-order valence-electron chi connectivity index (χ3n) is 4.28. The van der Waals surface area contributed by atoms with Crippen molar-refractivity contribution in [3.05, 3.63) is 48.0 Å². The molecule has 1 heterocycles. The fourth-order valence-corrected chi connectivity index (χ4v) is 3.87. The second-order valence-corrected chi connectivity index (χ2v) is 8.52. The second kappa shape index (κ2) is 8.95. The van der Waals surface area contributed by atoms with Gasteiger partial charge in [0.2, 0.25) is 11.8 Å². The number of ether oxygens (including phenoxy) is 2. The molecule has 30 heavy (non-hydrogen) atoms. The number of methoxy groups -OCH3 is 2. The van der Waals surface area contributed by atoms with Crippen molar-refractivity contribution in [1.29, 1.82) is 0 Å². The number of nitrogens with zero attached hydrogens (tertiary/aromatic N) is 2. The molecule has 10 heteroatoms. The molecule has 0 unspecified atom stereocenters. The lowest BCUT2D eigenvalue weighted by Crippen LogP contribution is -2.17. The molecule has 0 aliphatic rings. The molecule has 1 aromatic heterocycles. The largest absolute Gasteiger partial charge is 0.493 e. The summed E-state index contributed by atoms with van der Waals surface area (Å²) in [6.07, 6.45) is -0.246. The van der Waals surface area contributed by atoms with Crippen LogP contribution in [0.2, 0.25) is 0 Å². The number of hydrogen-bond donors (Lipinski definition) is 1. The molecule has 0 aliphatic heterocycles. The summed E-state index contributed by atoms with van der Waals surface area (Å²) in [7, 11) is -0.539. The molecule has 0 atom stereocenters. The second-order valence-electron chi connectivity index (χ2n) is 6.41. The summed E-state index contributed by atoms with van der Waals surface area (Å²) >= 11 is 0. The summed E-state index contributed by atoms with van der Waals surface area (Å²) in [6.45, 7) is 1.87. The lowest BCUT2D eigenvalue weighted by molar-refractivity contribution is -0.115. The van der Waals surface area contributed by atoms with Gasteiger partial charge in [-0.25, -0.2) is 8.42 Å². The highest BCUT2D eigenvalue weighted by Crippen LogP contribution is 2.32. The van der Waals surface area contributed by atoms with Crippen LogP contribution >= 0.6 is 0 Å². The molecule has 0 saturated carbocycles. The standard InChI is InChI=1S/C20H21N3O6S/c1-13-4-7-15(8-5-13)30(25,26)11-10-18(24)21-20-23-22-19(29-20)14-6-9-16(27-2)17(12-14)28-3/h4-9,12H,10-11H2,1-3H3,(H,21,23,24). The average Bonchev–Trinajstić information content (AvgIpc) is 3.20. The smallest absolute Gasteiger partial charge is 0.322 e. The van der Waals surface area contributed by atoms with Crippen LogP contribution in [-0.4, -0.2) is 44.5 Å². The van der Waals surface area contributed by atoms with Crippen LogP contribution in [0.4, 0.5) is 6.01 Å². The monoisotopic (exact) mass is 431 g/mol. The van der Waals surface area contributed by atoms with Crippen molar-refractivity contribution in [3.8, 4) is 23.0 Å². The zero-order chi connectivity index (χ0) is 21.7. The van der Waals surface area contributed by atoms with Gasteiger partial charge in [-0.15, -0.1) is 5.10 Å². The van der Waals surface area contributed by atoms with Crippen LogP contribution in [0.1, 0.15) is 12.0 Å². The first kappa shape index (κ1) is 21.3. The number of benzene rings is 2. The van der Waals surface area contributed by atoms with E-state index >= 15 is 0 Å². The number of rotatable bonds is 8. The third kappa shape index (κ3) is 4.95. The first-order chi connectivity index (χ1) is 14.3. The lowest BCUT2D eigenvalue weighted by atomic mass is 10.2. The van der Waals surface area contributed by atoms with Gasteiger partial charge in [0.1, 0.15) is 0 Å². The van der Waals surface area contributed by atoms with Gasteiger partial charge in [-0.05, 0) is 37.3 Å². The highest BCUT2D eigenvalue weighted by molar-refractivity contribution is 7.91. The van der Waals surface area contributed by atoms with Crippen LogP contribution in [-0.2, 0) is 14.6 Å². The fourth-order valence-electron chi connectivity index (χ4n) is 2.63. The Morgan fingerprint density at radius 3 is 2.40 bits per heavy atom. The fraction of sp³-hybridized carbons (Fsp3) is 0.250. The Balaban J connectivity index is 1.63. The van der Waals surface area contributed by atoms with E-state index in [4.69, 9.17) is 13.9 Å². The Morgan fingerprint density at radius 1 is 1.03 bits per heavy atom. The minimum Gasteiger partial charge on any atom is -0.493 e. The Morgan fingerprint density at radius 2 is 1.73 bits per heavy atom. The Labute approximate surface area is 174 Å². The molecule has 0 bridgehead atoms. The van der Waals surface area contributed by atoms with Crippen molar-refractivity contribution in [2.45, 2.75) is 18.2 Å². The number of carbonyl (C=O) groups is 1. The number of carbonyl (C=O) groups excluding carboxylic acids is 1. The predicted octanol–water partition coefficient (Wildman–Crippen LogP) is 2.86. The molecule has 0 saturated heterocycles. The van der Waals surface area contributed by atoms with Crippen LogP contribution in [0.3, 0.4) is 0 Å². The molecule has 1 N–H and O–H groups in total. The van der Waals surface area contributed by atoms with Gasteiger partial charge in [-0.2, -0.15) is 0 Å². The number of aromatic nitrogens is 2. The zero-order valence-electron chi connectivity index (χ0n) is 16.7. The van der Waals surface area contributed by atoms with Crippen molar-refractivity contribution >= 4 is 21.8 Å². The van der Waals surface area contributed by atoms with Crippen molar-refractivity contribution < 1.29 is 27.1 Å². The summed E-state index contributed by atoms with van der Waals surface area (Å²) in [4.78, 5) is 12.3. The molecule has 0 fully saturated rings. The van der Waals surface area contributed by atoms with E-state index in [9.17, 15) is 13.2 Å². The predicted molar refractivity (Wildman–Crippen MR) is 109 cm³/mol. The van der Waals surface area contributed by atoms with Crippen molar-refractivity contribution in [3.63, 3.8) is 0 Å². The molecule has 0 aliphatic carbocycles. The SMILES string of the molecule is COc1ccc(-c2nnc(NC(=O)CCS(=O)(=O)c3ccc(C)cc3)o2)cc1OC. The quantitative estimate of drug-likeness (QED) is 0.578. The number of sulfone groups is 1. The van der Waals surface area contributed by atoms with Gasteiger partial charge < -0.3 is 13.9 Å². The first-order valence-electron chi connectivity index (χ1n) is 8.97. The van der Waals surface area contributed by atoms with E-state index in [2.05, 4.69) is 15.5 Å². The summed E-state index contributed by atoms with van der Waals surface area (Å²) in [6, 6.07) is 11.4.